The Balaban J connectivity index is 0.00000578. The third-order valence-corrected chi connectivity index (χ3v) is 10.9. The van der Waals surface area contributed by atoms with E-state index in [4.69, 9.17) is 0 Å². The van der Waals surface area contributed by atoms with Crippen molar-refractivity contribution in [2.75, 3.05) is 83.7 Å². The van der Waals surface area contributed by atoms with E-state index in [1.54, 1.807) is 18.2 Å². The molecule has 2 aromatic heterocycles. The molecule has 0 saturated heterocycles. The van der Waals surface area contributed by atoms with Crippen molar-refractivity contribution in [3.8, 4) is 0 Å². The fraction of sp³-hybridized carbons (Fsp3) is 0.250. The normalized spacial score (nSPS) is 10.9. The van der Waals surface area contributed by atoms with Gasteiger partial charge in [-0.25, -0.2) is 16.8 Å². The van der Waals surface area contributed by atoms with E-state index in [1.807, 2.05) is 0 Å². The van der Waals surface area contributed by atoms with Crippen LogP contribution in [-0.4, -0.2) is 129 Å². The Labute approximate surface area is 484 Å². The van der Waals surface area contributed by atoms with Crippen molar-refractivity contribution in [1.29, 1.82) is 0 Å². The van der Waals surface area contributed by atoms with E-state index in [1.165, 1.54) is 21.9 Å². The van der Waals surface area contributed by atoms with Gasteiger partial charge in [-0.3, -0.25) is 10.1 Å². The summed E-state index contributed by atoms with van der Waals surface area (Å²) in [5.74, 6) is -1.11. The summed E-state index contributed by atoms with van der Waals surface area (Å²) in [4.78, 5) is 27.7. The Bertz CT molecular complexity index is 2580. The zero-order valence-electron chi connectivity index (χ0n) is 36.3. The number of benzene rings is 3. The Kier molecular flexibility index (Phi) is 30.3. The molecule has 28 nitrogen and oxygen atoms in total. The number of aliphatic hydroxyl groups excluding tert-OH is 4. The summed E-state index contributed by atoms with van der Waals surface area (Å²) in [5, 5.41) is 77.9. The average molecular weight is 1060 g/mol. The molecule has 8 N–H and O–H groups in total. The maximum atomic E-state index is 12.2. The van der Waals surface area contributed by atoms with Crippen molar-refractivity contribution in [2.24, 2.45) is 0 Å². The number of hydrogen-bond acceptors (Lipinski definition) is 30. The van der Waals surface area contributed by atoms with Gasteiger partial charge in [0, 0.05) is 42.4 Å². The Hall–Kier alpha value is -1.40. The van der Waals surface area contributed by atoms with Crippen LogP contribution in [0.5, 0.6) is 0 Å². The molecule has 36 heteroatoms. The summed E-state index contributed by atoms with van der Waals surface area (Å²) in [7, 11) is -10.1. The zero-order valence-corrected chi connectivity index (χ0v) is 47.6. The summed E-state index contributed by atoms with van der Waals surface area (Å²) in [5.41, 5.74) is 0.156. The van der Waals surface area contributed by atoms with Crippen molar-refractivity contribution in [3.05, 3.63) is 60.7 Å². The second kappa shape index (κ2) is 31.9. The van der Waals surface area contributed by atoms with Crippen molar-refractivity contribution in [1.82, 2.24) is 29.9 Å². The van der Waals surface area contributed by atoms with Crippen LogP contribution in [-0.2, 0) is 39.0 Å². The van der Waals surface area contributed by atoms with Crippen molar-refractivity contribution >= 4 is 103 Å². The van der Waals surface area contributed by atoms with Gasteiger partial charge in [-0.2, -0.15) is 38.6 Å². The van der Waals surface area contributed by atoms with E-state index in [9.17, 15) is 56.9 Å². The van der Waals surface area contributed by atoms with Crippen molar-refractivity contribution < 1.29 is 194 Å². The molecule has 0 aliphatic carbocycles. The quantitative estimate of drug-likeness (QED) is 0.00838. The van der Waals surface area contributed by atoms with Gasteiger partial charge >= 0.3 is 118 Å². The predicted molar refractivity (Wildman–Crippen MR) is 217 cm³/mol. The molecule has 0 spiro atoms. The van der Waals surface area contributed by atoms with Crippen LogP contribution in [0.2, 0.25) is 0 Å². The molecule has 0 bridgehead atoms. The van der Waals surface area contributed by atoms with Gasteiger partial charge in [-0.1, -0.05) is 6.07 Å². The standard InChI is InChI=1S/C32H38N12O16S4.4Na/c45-12-8-43(9-13-46)31-39-27(37-29(41-31)35-23-18-22(63(51,52)53)5-6-25(23)62-60-58-50)33-19-2-1-3-20(16-19)34-28-38-30(42-32(40-28)44(10-14-47)11-15-48)36-24-17-21(61-59-57-49)4-7-26(24)64(54,55)56;;;;/h1-7,16-18,45-50H,8-15H2,(H,51,52,53)(H,54,55,56)(H2,33,35,37,39,41)(H2,34,36,38,40,42);;;;/q;4*+1/p-4. The number of anilines is 10. The van der Waals surface area contributed by atoms with Crippen LogP contribution >= 0.6 is 24.1 Å². The van der Waals surface area contributed by atoms with Crippen molar-refractivity contribution in [3.63, 3.8) is 0 Å². The van der Waals surface area contributed by atoms with Crippen LogP contribution < -0.4 is 160 Å². The molecule has 5 rings (SSSR count). The van der Waals surface area contributed by atoms with E-state index in [0.717, 1.165) is 30.3 Å². The van der Waals surface area contributed by atoms with Gasteiger partial charge < -0.3 is 71.1 Å². The molecule has 0 unspecified atom stereocenters. The van der Waals surface area contributed by atoms with Gasteiger partial charge in [0.05, 0.1) is 76.6 Å². The number of rotatable bonds is 26. The van der Waals surface area contributed by atoms with Gasteiger partial charge in [0.25, 0.3) is 0 Å². The summed E-state index contributed by atoms with van der Waals surface area (Å²) < 4.78 is 80.7. The maximum Gasteiger partial charge on any atom is 1.00 e. The van der Waals surface area contributed by atoms with Gasteiger partial charge in [-0.05, 0) is 54.6 Å². The molecule has 5 aromatic rings. The van der Waals surface area contributed by atoms with Crippen LogP contribution in [0.3, 0.4) is 0 Å². The minimum Gasteiger partial charge on any atom is -0.744 e. The van der Waals surface area contributed by atoms with Crippen LogP contribution in [0.25, 0.3) is 0 Å². The largest absolute Gasteiger partial charge is 1.00 e. The van der Waals surface area contributed by atoms with Gasteiger partial charge in [-0.15, -0.1) is 0 Å². The summed E-state index contributed by atoms with van der Waals surface area (Å²) >= 11 is 0.780. The number of nitrogens with zero attached hydrogens (tertiary/aromatic N) is 8. The molecular formula is C32H34N12Na4O16S4. The first-order chi connectivity index (χ1) is 30.7. The van der Waals surface area contributed by atoms with E-state index in [0.29, 0.717) is 35.5 Å². The Morgan fingerprint density at radius 2 is 1.00 bits per heavy atom. The zero-order chi connectivity index (χ0) is 46.3. The first-order valence-corrected chi connectivity index (χ1v) is 22.1. The third-order valence-electron chi connectivity index (χ3n) is 7.93. The SMILES string of the molecule is O=S(=O)([O-])c1ccc(SOO[O-])c(Nc2nc(Nc3cccc(Nc4nc(Nc5cc(SOO[O-])ccc5S(=O)(=O)[O-])nc(N(CCO)CCO)n4)c3)nc(N(CCO)CCO)n2)c1.[Na+].[Na+].[Na+].[Na+]. The molecule has 346 valence electrons. The Morgan fingerprint density at radius 3 is 1.44 bits per heavy atom. The molecule has 0 aliphatic rings. The number of aromatic nitrogens is 6. The Morgan fingerprint density at radius 1 is 0.544 bits per heavy atom. The van der Waals surface area contributed by atoms with E-state index < -0.39 is 43.2 Å². The monoisotopic (exact) mass is 1060 g/mol. The first-order valence-electron chi connectivity index (χ1n) is 17.8. The van der Waals surface area contributed by atoms with Crippen molar-refractivity contribution in [2.45, 2.75) is 19.6 Å². The van der Waals surface area contributed by atoms with Crippen LogP contribution in [0.1, 0.15) is 0 Å². The molecule has 0 radical (unpaired) electrons. The third kappa shape index (κ3) is 19.9. The van der Waals surface area contributed by atoms with E-state index in [-0.39, 0.29) is 214 Å². The summed E-state index contributed by atoms with van der Waals surface area (Å²) in [6, 6.07) is 12.6. The molecule has 2 heterocycles. The average Bonchev–Trinajstić information content (AvgIpc) is 3.24. The maximum absolute atomic E-state index is 12.2. The molecule has 68 heavy (non-hydrogen) atoms. The summed E-state index contributed by atoms with van der Waals surface area (Å²) in [6.45, 7) is -1.78. The number of aliphatic hydroxyl groups is 4. The fourth-order valence-electron chi connectivity index (χ4n) is 5.33. The topological polar surface area (TPSA) is 410 Å². The smallest absolute Gasteiger partial charge is 0.744 e. The molecule has 3 aromatic carbocycles. The van der Waals surface area contributed by atoms with Crippen LogP contribution in [0, 0.1) is 0 Å². The van der Waals surface area contributed by atoms with Gasteiger partial charge in [0.2, 0.25) is 35.7 Å². The van der Waals surface area contributed by atoms with Crippen LogP contribution in [0.15, 0.2) is 80.2 Å². The summed E-state index contributed by atoms with van der Waals surface area (Å²) in [6.07, 6.45) is 0. The van der Waals surface area contributed by atoms with E-state index >= 15 is 0 Å². The fourth-order valence-corrected chi connectivity index (χ4v) is 7.26. The minimum atomic E-state index is -5.09. The molecule has 0 saturated carbocycles. The number of nitrogens with one attached hydrogen (secondary N) is 4. The van der Waals surface area contributed by atoms with E-state index in [2.05, 4.69) is 69.9 Å². The molecule has 0 aliphatic heterocycles. The van der Waals surface area contributed by atoms with Gasteiger partial charge in [0.1, 0.15) is 20.2 Å². The molecule has 0 fully saturated rings. The molecule has 0 amide bonds. The number of hydrogen-bond donors (Lipinski definition) is 8. The van der Waals surface area contributed by atoms with Crippen LogP contribution in [0.4, 0.5) is 58.4 Å². The second-order valence-electron chi connectivity index (χ2n) is 12.2. The minimum absolute atomic E-state index is 0. The van der Waals surface area contributed by atoms with Gasteiger partial charge in [0.15, 0.2) is 0 Å². The first kappa shape index (κ1) is 64.6. The molecule has 0 atom stereocenters. The predicted octanol–water partition coefficient (Wildman–Crippen LogP) is -13.1. The second-order valence-corrected chi connectivity index (χ2v) is 16.4. The molecular weight excluding hydrogens is 1030 g/mol.